The molecular formula is C13H14FeO. The molecule has 4 atom stereocenters. The van der Waals surface area contributed by atoms with Crippen molar-refractivity contribution in [3.63, 3.8) is 0 Å². The van der Waals surface area contributed by atoms with Crippen LogP contribution in [0.3, 0.4) is 0 Å². The number of ether oxygens (including phenoxy) is 1. The molecule has 10 saturated heterocycles. The number of fused-ring (bicyclic) bond motifs is 10. The van der Waals surface area contributed by atoms with Crippen molar-refractivity contribution < 1.29 is 11.2 Å². The van der Waals surface area contributed by atoms with Gasteiger partial charge in [0.2, 0.25) is 0 Å². The molecule has 15 heavy (non-hydrogen) atoms. The molecule has 0 aromatic rings. The van der Waals surface area contributed by atoms with Crippen molar-refractivity contribution in [2.24, 2.45) is 0 Å². The van der Waals surface area contributed by atoms with E-state index >= 15 is 0 Å². The van der Waals surface area contributed by atoms with Crippen molar-refractivity contribution in [2.45, 2.75) is 47.8 Å². The summed E-state index contributed by atoms with van der Waals surface area (Å²) >= 11 is 0. The third kappa shape index (κ3) is 0.0446. The predicted octanol–water partition coefficient (Wildman–Crippen LogP) is 3.49. The van der Waals surface area contributed by atoms with Crippen molar-refractivity contribution in [2.75, 3.05) is 6.61 Å². The van der Waals surface area contributed by atoms with Gasteiger partial charge in [0.05, 0.1) is 0 Å². The predicted molar refractivity (Wildman–Crippen MR) is 52.6 cm³/mol. The molecule has 1 nitrogen and oxygen atoms in total. The normalized spacial score (nSPS) is 133. The number of hydrogen-bond acceptors (Lipinski definition) is 1. The van der Waals surface area contributed by atoms with Crippen LogP contribution in [0.15, 0.2) is 12.7 Å². The second-order valence-corrected chi connectivity index (χ2v) is 33.7. The van der Waals surface area contributed by atoms with E-state index in [1.165, 1.54) is 43.3 Å². The molecule has 0 aromatic carbocycles. The summed E-state index contributed by atoms with van der Waals surface area (Å²) in [5.74, 6) is 0. The molecule has 0 radical (unpaired) electrons. The van der Waals surface area contributed by atoms with E-state index in [1.54, 1.807) is 0 Å². The quantitative estimate of drug-likeness (QED) is 0.543. The van der Waals surface area contributed by atoms with Crippen LogP contribution in [-0.2, 0) is 11.2 Å². The van der Waals surface area contributed by atoms with E-state index in [0.29, 0.717) is 4.50 Å². The second-order valence-electron chi connectivity index (χ2n) is 10.2. The minimum absolute atomic E-state index is 0.674. The summed E-state index contributed by atoms with van der Waals surface area (Å²) in [6, 6.07) is 0. The van der Waals surface area contributed by atoms with Gasteiger partial charge in [-0.1, -0.05) is 0 Å². The molecule has 1 spiro atoms. The Bertz CT molecular complexity index is 831. The van der Waals surface area contributed by atoms with E-state index in [9.17, 15) is 0 Å². The van der Waals surface area contributed by atoms with Crippen molar-refractivity contribution in [1.82, 2.24) is 0 Å². The van der Waals surface area contributed by atoms with Gasteiger partial charge in [-0.05, 0) is 0 Å². The zero-order chi connectivity index (χ0) is 9.13. The Balaban J connectivity index is 1.67. The molecule has 0 saturated carbocycles. The Morgan fingerprint density at radius 3 is 1.80 bits per heavy atom. The van der Waals surface area contributed by atoms with E-state index in [1.807, 2.05) is 6.08 Å². The second kappa shape index (κ2) is 0.377. The van der Waals surface area contributed by atoms with Gasteiger partial charge < -0.3 is 0 Å². The molecule has 0 amide bonds. The van der Waals surface area contributed by atoms with Crippen LogP contribution in [0, 0.1) is 0 Å². The van der Waals surface area contributed by atoms with Crippen LogP contribution in [0.4, 0.5) is 0 Å². The molecule has 10 rings (SSSR count). The fraction of sp³-hybridized carbons (Fsp3) is 0.846. The maximum atomic E-state index is 6.55. The number of rotatable bonds is 3. The summed E-state index contributed by atoms with van der Waals surface area (Å²) in [5, 5.41) is 0. The molecule has 10 fully saturated rings. The van der Waals surface area contributed by atoms with Gasteiger partial charge in [-0.25, -0.2) is 0 Å². The first-order chi connectivity index (χ1) is 7.11. The first kappa shape index (κ1) is 5.25. The minimum atomic E-state index is -2.84. The molecule has 0 N–H and O–H groups in total. The van der Waals surface area contributed by atoms with Crippen LogP contribution in [0.25, 0.3) is 0 Å². The summed E-state index contributed by atoms with van der Waals surface area (Å²) in [5.41, 5.74) is 0. The van der Waals surface area contributed by atoms with E-state index in [2.05, 4.69) is 6.58 Å². The van der Waals surface area contributed by atoms with Gasteiger partial charge in [-0.2, -0.15) is 0 Å². The van der Waals surface area contributed by atoms with Crippen molar-refractivity contribution in [1.29, 1.82) is 0 Å². The van der Waals surface area contributed by atoms with Crippen LogP contribution in [-0.4, -0.2) is 11.1 Å². The Hall–Kier alpha value is 0.219. The standard InChI is InChI=1S/C8H9O.C5H5.Fe/c1-2-7-9-8-5-3-4-6-8;1-2-4-5-3-1;/h2-6H,1,7H2;1-5H;. The van der Waals surface area contributed by atoms with Gasteiger partial charge in [-0.15, -0.1) is 0 Å². The Morgan fingerprint density at radius 1 is 1.00 bits per heavy atom. The fourth-order valence-electron chi connectivity index (χ4n) is 16.5. The summed E-state index contributed by atoms with van der Waals surface area (Å²) in [6.45, 7) is 1.90. The summed E-state index contributed by atoms with van der Waals surface area (Å²) in [4.78, 5) is 12.4. The first-order valence-corrected chi connectivity index (χ1v) is 12.9. The molecule has 80 valence electrons. The van der Waals surface area contributed by atoms with Gasteiger partial charge in [0.15, 0.2) is 0 Å². The van der Waals surface area contributed by atoms with Gasteiger partial charge in [-0.3, -0.25) is 0 Å². The molecule has 0 aliphatic carbocycles. The van der Waals surface area contributed by atoms with Crippen LogP contribution in [0.5, 0.6) is 0 Å². The number of hydrogen-bond donors (Lipinski definition) is 0. The third-order valence-corrected chi connectivity index (χ3v) is 56.9. The molecule has 0 bridgehead atoms. The summed E-state index contributed by atoms with van der Waals surface area (Å²) < 4.78 is 7.22. The van der Waals surface area contributed by atoms with E-state index in [0.717, 1.165) is 6.61 Å². The van der Waals surface area contributed by atoms with Crippen LogP contribution >= 0.6 is 0 Å². The zero-order valence-electron chi connectivity index (χ0n) is 8.45. The molecule has 10 aliphatic rings. The van der Waals surface area contributed by atoms with Gasteiger partial charge in [0.1, 0.15) is 0 Å². The summed E-state index contributed by atoms with van der Waals surface area (Å²) in [6.07, 6.45) is 2.01. The Labute approximate surface area is 78.5 Å². The van der Waals surface area contributed by atoms with Gasteiger partial charge >= 0.3 is 78.4 Å². The third-order valence-electron chi connectivity index (χ3n) is 15.0. The van der Waals surface area contributed by atoms with E-state index in [4.69, 9.17) is 4.74 Å². The molecule has 2 heteroatoms. The molecular weight excluding hydrogens is 228 g/mol. The van der Waals surface area contributed by atoms with Crippen LogP contribution < -0.4 is 0 Å². The van der Waals surface area contributed by atoms with Crippen LogP contribution in [0.2, 0.25) is 43.3 Å². The molecule has 4 unspecified atom stereocenters. The average Bonchev–Trinajstić information content (AvgIpc) is 3.18. The first-order valence-electron chi connectivity index (χ1n) is 6.57. The Morgan fingerprint density at radius 2 is 1.53 bits per heavy atom. The van der Waals surface area contributed by atoms with E-state index < -0.39 is 6.51 Å². The van der Waals surface area contributed by atoms with Crippen molar-refractivity contribution in [3.05, 3.63) is 12.7 Å². The van der Waals surface area contributed by atoms with Crippen molar-refractivity contribution in [3.8, 4) is 0 Å². The van der Waals surface area contributed by atoms with Gasteiger partial charge in [0.25, 0.3) is 0 Å². The maximum absolute atomic E-state index is 6.55. The zero-order valence-corrected chi connectivity index (χ0v) is 9.55. The topological polar surface area (TPSA) is 9.23 Å². The molecule has 10 aliphatic heterocycles. The molecule has 10 heterocycles. The average molecular weight is 242 g/mol. The monoisotopic (exact) mass is 242 g/mol. The van der Waals surface area contributed by atoms with Gasteiger partial charge in [0, 0.05) is 0 Å². The van der Waals surface area contributed by atoms with Crippen LogP contribution in [0.1, 0.15) is 0 Å². The van der Waals surface area contributed by atoms with Crippen molar-refractivity contribution >= 4 is 0 Å². The molecule has 0 aromatic heterocycles. The summed E-state index contributed by atoms with van der Waals surface area (Å²) in [7, 11) is 0. The fourth-order valence-corrected chi connectivity index (χ4v) is 89.1. The Kier molecular flexibility index (Phi) is 0.132. The SMILES string of the molecule is C=CCO[C]12[CH]3[CH]4[CH]5[CH]1[Fe]45321678[CH]2[CH]1[CH]6[CH]7[CH]28. The van der Waals surface area contributed by atoms with E-state index in [-0.39, 0.29) is 0 Å².